The minimum atomic E-state index is -0.153. The summed E-state index contributed by atoms with van der Waals surface area (Å²) < 4.78 is 11.0. The lowest BCUT2D eigenvalue weighted by atomic mass is 10.1. The Morgan fingerprint density at radius 2 is 2.00 bits per heavy atom. The summed E-state index contributed by atoms with van der Waals surface area (Å²) in [5.41, 5.74) is 1.79. The second-order valence-corrected chi connectivity index (χ2v) is 7.25. The molecule has 3 rings (SSSR count). The molecule has 0 aliphatic rings. The fourth-order valence-corrected chi connectivity index (χ4v) is 2.90. The molecule has 1 aromatic carbocycles. The van der Waals surface area contributed by atoms with E-state index in [4.69, 9.17) is 9.26 Å². The predicted molar refractivity (Wildman–Crippen MR) is 112 cm³/mol. The molecule has 0 aliphatic carbocycles. The van der Waals surface area contributed by atoms with Gasteiger partial charge in [0, 0.05) is 18.4 Å². The van der Waals surface area contributed by atoms with Crippen LogP contribution in [0.15, 0.2) is 47.4 Å². The van der Waals surface area contributed by atoms with Gasteiger partial charge in [-0.3, -0.25) is 9.78 Å². The lowest BCUT2D eigenvalue weighted by Gasteiger charge is -2.25. The minimum Gasteiger partial charge on any atom is -0.484 e. The SMILES string of the molecule is CCCCc1ccc(OCC(=O)N(Cc2nc(-c3cnccn3)no2)C(C)C)cc1. The number of nitrogens with zero attached hydrogens (tertiary/aromatic N) is 5. The molecular formula is C22H27N5O3. The van der Waals surface area contributed by atoms with Gasteiger partial charge in [-0.2, -0.15) is 4.98 Å². The standard InChI is InChI=1S/C22H27N5O3/c1-4-5-6-17-7-9-18(10-8-17)29-15-21(28)27(16(2)3)14-20-25-22(26-30-20)19-13-23-11-12-24-19/h7-13,16H,4-6,14-15H2,1-3H3. The van der Waals surface area contributed by atoms with Crippen molar-refractivity contribution in [2.24, 2.45) is 0 Å². The predicted octanol–water partition coefficient (Wildman–Crippen LogP) is 3.69. The van der Waals surface area contributed by atoms with E-state index in [1.807, 2.05) is 38.1 Å². The van der Waals surface area contributed by atoms with Crippen LogP contribution in [0.25, 0.3) is 11.5 Å². The summed E-state index contributed by atoms with van der Waals surface area (Å²) in [6, 6.07) is 7.85. The maximum atomic E-state index is 12.7. The molecule has 1 amide bonds. The number of benzene rings is 1. The zero-order chi connectivity index (χ0) is 21.3. The van der Waals surface area contributed by atoms with Crippen molar-refractivity contribution >= 4 is 5.91 Å². The van der Waals surface area contributed by atoms with Gasteiger partial charge in [0.15, 0.2) is 6.61 Å². The van der Waals surface area contributed by atoms with Gasteiger partial charge in [-0.15, -0.1) is 0 Å². The number of hydrogen-bond donors (Lipinski definition) is 0. The molecule has 2 aromatic heterocycles. The van der Waals surface area contributed by atoms with E-state index in [9.17, 15) is 4.79 Å². The number of ether oxygens (including phenoxy) is 1. The van der Waals surface area contributed by atoms with Gasteiger partial charge in [0.2, 0.25) is 11.7 Å². The number of aromatic nitrogens is 4. The van der Waals surface area contributed by atoms with Crippen LogP contribution >= 0.6 is 0 Å². The quantitative estimate of drug-likeness (QED) is 0.504. The third-order valence-electron chi connectivity index (χ3n) is 4.61. The number of carbonyl (C=O) groups is 1. The molecule has 0 N–H and O–H groups in total. The molecular weight excluding hydrogens is 382 g/mol. The first-order chi connectivity index (χ1) is 14.6. The van der Waals surface area contributed by atoms with Gasteiger partial charge in [-0.25, -0.2) is 4.98 Å². The molecule has 0 fully saturated rings. The summed E-state index contributed by atoms with van der Waals surface area (Å²) in [6.45, 7) is 6.18. The number of amides is 1. The first-order valence-corrected chi connectivity index (χ1v) is 10.2. The minimum absolute atomic E-state index is 0.0515. The van der Waals surface area contributed by atoms with E-state index in [0.29, 0.717) is 23.2 Å². The van der Waals surface area contributed by atoms with E-state index >= 15 is 0 Å². The van der Waals surface area contributed by atoms with Crippen LogP contribution in [-0.4, -0.2) is 43.6 Å². The molecule has 0 spiro atoms. The van der Waals surface area contributed by atoms with Crippen LogP contribution in [0.3, 0.4) is 0 Å². The Morgan fingerprint density at radius 3 is 2.67 bits per heavy atom. The van der Waals surface area contributed by atoms with E-state index in [1.165, 1.54) is 5.56 Å². The molecule has 3 aromatic rings. The van der Waals surface area contributed by atoms with Crippen molar-refractivity contribution in [3.05, 3.63) is 54.3 Å². The number of hydrogen-bond acceptors (Lipinski definition) is 7. The van der Waals surface area contributed by atoms with Crippen molar-refractivity contribution in [3.63, 3.8) is 0 Å². The molecule has 0 atom stereocenters. The van der Waals surface area contributed by atoms with Crippen LogP contribution in [0.5, 0.6) is 5.75 Å². The molecule has 30 heavy (non-hydrogen) atoms. The van der Waals surface area contributed by atoms with Crippen LogP contribution in [0, 0.1) is 0 Å². The largest absolute Gasteiger partial charge is 0.484 e. The fraction of sp³-hybridized carbons (Fsp3) is 0.409. The maximum Gasteiger partial charge on any atom is 0.261 e. The number of unbranched alkanes of at least 4 members (excludes halogenated alkanes) is 1. The molecule has 8 heteroatoms. The van der Waals surface area contributed by atoms with Crippen molar-refractivity contribution in [3.8, 4) is 17.3 Å². The Hall–Kier alpha value is -3.29. The van der Waals surface area contributed by atoms with E-state index in [2.05, 4.69) is 27.0 Å². The molecule has 2 heterocycles. The summed E-state index contributed by atoms with van der Waals surface area (Å²) in [5, 5.41) is 3.92. The molecule has 0 radical (unpaired) electrons. The Morgan fingerprint density at radius 1 is 1.20 bits per heavy atom. The molecule has 0 unspecified atom stereocenters. The fourth-order valence-electron chi connectivity index (χ4n) is 2.90. The summed E-state index contributed by atoms with van der Waals surface area (Å²) in [5.74, 6) is 1.20. The zero-order valence-corrected chi connectivity index (χ0v) is 17.6. The van der Waals surface area contributed by atoms with E-state index < -0.39 is 0 Å². The summed E-state index contributed by atoms with van der Waals surface area (Å²) in [7, 11) is 0. The Labute approximate surface area is 176 Å². The molecule has 0 saturated heterocycles. The number of rotatable bonds is 10. The van der Waals surface area contributed by atoms with Crippen molar-refractivity contribution in [1.82, 2.24) is 25.0 Å². The Kier molecular flexibility index (Phi) is 7.48. The van der Waals surface area contributed by atoms with Gasteiger partial charge in [-0.05, 0) is 44.4 Å². The average molecular weight is 409 g/mol. The number of aryl methyl sites for hydroxylation is 1. The van der Waals surface area contributed by atoms with Gasteiger partial charge in [0.25, 0.3) is 5.91 Å². The Balaban J connectivity index is 1.58. The summed E-state index contributed by atoms with van der Waals surface area (Å²) >= 11 is 0. The average Bonchev–Trinajstić information content (AvgIpc) is 3.24. The van der Waals surface area contributed by atoms with E-state index in [-0.39, 0.29) is 25.1 Å². The molecule has 158 valence electrons. The van der Waals surface area contributed by atoms with Gasteiger partial charge in [-0.1, -0.05) is 30.6 Å². The monoisotopic (exact) mass is 409 g/mol. The van der Waals surface area contributed by atoms with Crippen molar-refractivity contribution in [2.45, 2.75) is 52.6 Å². The van der Waals surface area contributed by atoms with Crippen molar-refractivity contribution in [1.29, 1.82) is 0 Å². The van der Waals surface area contributed by atoms with Gasteiger partial charge in [0.05, 0.1) is 6.20 Å². The highest BCUT2D eigenvalue weighted by atomic mass is 16.5. The van der Waals surface area contributed by atoms with Crippen LogP contribution in [-0.2, 0) is 17.8 Å². The lowest BCUT2D eigenvalue weighted by molar-refractivity contribution is -0.136. The molecule has 0 aliphatic heterocycles. The van der Waals surface area contributed by atoms with Crippen LogP contribution in [0.2, 0.25) is 0 Å². The van der Waals surface area contributed by atoms with E-state index in [1.54, 1.807) is 23.5 Å². The summed E-state index contributed by atoms with van der Waals surface area (Å²) in [4.78, 5) is 26.8. The van der Waals surface area contributed by atoms with E-state index in [0.717, 1.165) is 19.3 Å². The van der Waals surface area contributed by atoms with Gasteiger partial charge in [0.1, 0.15) is 18.0 Å². The highest BCUT2D eigenvalue weighted by molar-refractivity contribution is 5.78. The van der Waals surface area contributed by atoms with Gasteiger partial charge >= 0.3 is 0 Å². The third-order valence-corrected chi connectivity index (χ3v) is 4.61. The Bertz CT molecular complexity index is 925. The van der Waals surface area contributed by atoms with Crippen LogP contribution in [0.1, 0.15) is 45.1 Å². The third kappa shape index (κ3) is 5.85. The van der Waals surface area contributed by atoms with Crippen LogP contribution < -0.4 is 4.74 Å². The zero-order valence-electron chi connectivity index (χ0n) is 17.6. The molecule has 8 nitrogen and oxygen atoms in total. The van der Waals surface area contributed by atoms with Crippen molar-refractivity contribution < 1.29 is 14.1 Å². The smallest absolute Gasteiger partial charge is 0.261 e. The lowest BCUT2D eigenvalue weighted by Crippen LogP contribution is -2.39. The normalized spacial score (nSPS) is 10.9. The van der Waals surface area contributed by atoms with Crippen molar-refractivity contribution in [2.75, 3.05) is 6.61 Å². The molecule has 0 saturated carbocycles. The molecule has 0 bridgehead atoms. The number of carbonyl (C=O) groups excluding carboxylic acids is 1. The second-order valence-electron chi connectivity index (χ2n) is 7.25. The van der Waals surface area contributed by atoms with Crippen LogP contribution in [0.4, 0.5) is 0 Å². The first kappa shape index (κ1) is 21.4. The topological polar surface area (TPSA) is 94.2 Å². The second kappa shape index (κ2) is 10.5. The summed E-state index contributed by atoms with van der Waals surface area (Å²) in [6.07, 6.45) is 8.07. The van der Waals surface area contributed by atoms with Gasteiger partial charge < -0.3 is 14.2 Å². The highest BCUT2D eigenvalue weighted by Gasteiger charge is 2.21. The first-order valence-electron chi connectivity index (χ1n) is 10.2. The highest BCUT2D eigenvalue weighted by Crippen LogP contribution is 2.16. The maximum absolute atomic E-state index is 12.7.